The zero-order valence-electron chi connectivity index (χ0n) is 21.4. The van der Waals surface area contributed by atoms with Crippen LogP contribution in [0.25, 0.3) is 11.1 Å². The summed E-state index contributed by atoms with van der Waals surface area (Å²) in [4.78, 5) is 54.9. The van der Waals surface area contributed by atoms with E-state index in [9.17, 15) is 23.3 Å². The molecule has 2 aromatic rings. The first-order chi connectivity index (χ1) is 17.8. The SMILES string of the molecule is CCC(=O)OC(OC(=O)C[C@@H](Cc1ccc(-c2cc(Cl)ccc2F)cc1)NC(=O)CCP(=O)(O)O)C(C)C. The van der Waals surface area contributed by atoms with Crippen molar-refractivity contribution in [2.75, 3.05) is 6.16 Å². The van der Waals surface area contributed by atoms with Gasteiger partial charge in [-0.3, -0.25) is 18.9 Å². The number of hydrogen-bond donors (Lipinski definition) is 3. The Morgan fingerprint density at radius 1 is 1.05 bits per heavy atom. The largest absolute Gasteiger partial charge is 0.425 e. The van der Waals surface area contributed by atoms with Gasteiger partial charge in [0.25, 0.3) is 0 Å². The minimum Gasteiger partial charge on any atom is -0.425 e. The minimum atomic E-state index is -4.39. The predicted molar refractivity (Wildman–Crippen MR) is 140 cm³/mol. The van der Waals surface area contributed by atoms with E-state index in [0.717, 1.165) is 0 Å². The van der Waals surface area contributed by atoms with E-state index in [1.807, 2.05) is 0 Å². The van der Waals surface area contributed by atoms with Crippen molar-refractivity contribution < 1.29 is 42.6 Å². The number of carbonyl (C=O) groups is 3. The smallest absolute Gasteiger partial charge is 0.326 e. The van der Waals surface area contributed by atoms with Gasteiger partial charge in [-0.2, -0.15) is 0 Å². The Morgan fingerprint density at radius 3 is 2.26 bits per heavy atom. The van der Waals surface area contributed by atoms with Crippen LogP contribution in [0.4, 0.5) is 4.39 Å². The van der Waals surface area contributed by atoms with Crippen molar-refractivity contribution in [1.29, 1.82) is 0 Å². The standard InChI is InChI=1S/C26H32ClFNO8P/c1-4-24(31)36-26(16(2)3)37-25(32)15-20(29-23(30)11-12-38(33,34)35)13-17-5-7-18(8-6-17)21-14-19(27)9-10-22(21)28/h5-10,14,16,20,26H,4,11-13,15H2,1-3H3,(H,29,30)(H2,33,34,35)/t20-,26?/m1/s1. The second-order valence-electron chi connectivity index (χ2n) is 9.08. The molecule has 2 rings (SSSR count). The quantitative estimate of drug-likeness (QED) is 0.180. The van der Waals surface area contributed by atoms with Crippen molar-refractivity contribution in [2.45, 2.75) is 58.8 Å². The Bertz CT molecular complexity index is 1170. The summed E-state index contributed by atoms with van der Waals surface area (Å²) < 4.78 is 35.9. The van der Waals surface area contributed by atoms with Gasteiger partial charge in [0, 0.05) is 35.4 Å². The van der Waals surface area contributed by atoms with Crippen molar-refractivity contribution in [3.8, 4) is 11.1 Å². The summed E-state index contributed by atoms with van der Waals surface area (Å²) in [7, 11) is -4.39. The second-order valence-corrected chi connectivity index (χ2v) is 11.3. The summed E-state index contributed by atoms with van der Waals surface area (Å²) in [6.07, 6.45) is -2.21. The summed E-state index contributed by atoms with van der Waals surface area (Å²) in [6.45, 7) is 5.04. The van der Waals surface area contributed by atoms with Gasteiger partial charge < -0.3 is 24.6 Å². The van der Waals surface area contributed by atoms with Crippen molar-refractivity contribution >= 4 is 37.0 Å². The third kappa shape index (κ3) is 10.9. The zero-order valence-corrected chi connectivity index (χ0v) is 23.0. The zero-order chi connectivity index (χ0) is 28.5. The van der Waals surface area contributed by atoms with Crippen LogP contribution in [0.3, 0.4) is 0 Å². The van der Waals surface area contributed by atoms with E-state index in [1.165, 1.54) is 18.2 Å². The van der Waals surface area contributed by atoms with Crippen LogP contribution in [0.15, 0.2) is 42.5 Å². The summed E-state index contributed by atoms with van der Waals surface area (Å²) in [5.74, 6) is -2.67. The molecule has 0 bridgehead atoms. The summed E-state index contributed by atoms with van der Waals surface area (Å²) in [6, 6.07) is 10.2. The first-order valence-electron chi connectivity index (χ1n) is 12.0. The molecule has 0 radical (unpaired) electrons. The van der Waals surface area contributed by atoms with Crippen LogP contribution in [-0.4, -0.2) is 46.1 Å². The maximum Gasteiger partial charge on any atom is 0.326 e. The lowest BCUT2D eigenvalue weighted by Gasteiger charge is -2.23. The number of nitrogens with one attached hydrogen (secondary N) is 1. The second kappa shape index (κ2) is 14.4. The number of ether oxygens (including phenoxy) is 2. The van der Waals surface area contributed by atoms with Gasteiger partial charge >= 0.3 is 19.5 Å². The lowest BCUT2D eigenvalue weighted by molar-refractivity contribution is -0.195. The van der Waals surface area contributed by atoms with Crippen molar-refractivity contribution in [3.05, 3.63) is 58.9 Å². The van der Waals surface area contributed by atoms with Crippen molar-refractivity contribution in [2.24, 2.45) is 5.92 Å². The average molecular weight is 572 g/mol. The fraction of sp³-hybridized carbons (Fsp3) is 0.423. The normalized spacial score (nSPS) is 13.1. The number of halogens is 2. The fourth-order valence-electron chi connectivity index (χ4n) is 3.43. The van der Waals surface area contributed by atoms with Crippen molar-refractivity contribution in [3.63, 3.8) is 0 Å². The van der Waals surface area contributed by atoms with Crippen LogP contribution in [0.5, 0.6) is 0 Å². The third-order valence-corrected chi connectivity index (χ3v) is 6.45. The van der Waals surface area contributed by atoms with Crippen LogP contribution < -0.4 is 5.32 Å². The van der Waals surface area contributed by atoms with Gasteiger partial charge in [0.1, 0.15) is 5.82 Å². The Hall–Kier alpha value is -2.78. The number of carbonyl (C=O) groups excluding carboxylic acids is 3. The van der Waals surface area contributed by atoms with E-state index in [0.29, 0.717) is 21.7 Å². The van der Waals surface area contributed by atoms with E-state index in [-0.39, 0.29) is 25.2 Å². The number of benzene rings is 2. The molecule has 0 fully saturated rings. The molecule has 0 aliphatic carbocycles. The van der Waals surface area contributed by atoms with Crippen LogP contribution in [0, 0.1) is 11.7 Å². The molecule has 2 aromatic carbocycles. The lowest BCUT2D eigenvalue weighted by Crippen LogP contribution is -2.40. The highest BCUT2D eigenvalue weighted by molar-refractivity contribution is 7.51. The number of amides is 1. The molecular weight excluding hydrogens is 540 g/mol. The van der Waals surface area contributed by atoms with E-state index in [1.54, 1.807) is 45.0 Å². The fourth-order valence-corrected chi connectivity index (χ4v) is 4.10. The maximum atomic E-state index is 14.2. The molecule has 0 spiro atoms. The molecular formula is C26H32ClFNO8P. The molecule has 3 N–H and O–H groups in total. The molecule has 0 heterocycles. The molecule has 208 valence electrons. The molecule has 2 atom stereocenters. The third-order valence-electron chi connectivity index (χ3n) is 5.41. The predicted octanol–water partition coefficient (Wildman–Crippen LogP) is 4.61. The Labute approximate surface area is 225 Å². The maximum absolute atomic E-state index is 14.2. The molecule has 1 amide bonds. The van der Waals surface area contributed by atoms with E-state index in [4.69, 9.17) is 30.9 Å². The molecule has 0 saturated heterocycles. The van der Waals surface area contributed by atoms with Crippen LogP contribution in [-0.2, 0) is 34.8 Å². The highest BCUT2D eigenvalue weighted by Gasteiger charge is 2.26. The highest BCUT2D eigenvalue weighted by Crippen LogP contribution is 2.34. The highest BCUT2D eigenvalue weighted by atomic mass is 35.5. The Kier molecular flexibility index (Phi) is 11.9. The number of rotatable bonds is 13. The van der Waals surface area contributed by atoms with E-state index < -0.39 is 56.2 Å². The number of esters is 2. The van der Waals surface area contributed by atoms with E-state index >= 15 is 0 Å². The Morgan fingerprint density at radius 2 is 1.68 bits per heavy atom. The van der Waals surface area contributed by atoms with Crippen LogP contribution >= 0.6 is 19.2 Å². The van der Waals surface area contributed by atoms with Gasteiger partial charge in [0.15, 0.2) is 0 Å². The molecule has 0 saturated carbocycles. The van der Waals surface area contributed by atoms with Gasteiger partial charge in [-0.1, -0.05) is 56.6 Å². The summed E-state index contributed by atoms with van der Waals surface area (Å²) >= 11 is 5.98. The molecule has 0 aliphatic heterocycles. The van der Waals surface area contributed by atoms with Gasteiger partial charge in [-0.05, 0) is 35.7 Å². The minimum absolute atomic E-state index is 0.105. The van der Waals surface area contributed by atoms with Gasteiger partial charge in [0.05, 0.1) is 12.6 Å². The van der Waals surface area contributed by atoms with Gasteiger partial charge in [0.2, 0.25) is 12.2 Å². The molecule has 1 unspecified atom stereocenters. The molecule has 0 aromatic heterocycles. The molecule has 9 nitrogen and oxygen atoms in total. The van der Waals surface area contributed by atoms with E-state index in [2.05, 4.69) is 5.32 Å². The van der Waals surface area contributed by atoms with Crippen LogP contribution in [0.1, 0.15) is 45.6 Å². The van der Waals surface area contributed by atoms with Crippen molar-refractivity contribution in [1.82, 2.24) is 5.32 Å². The first-order valence-corrected chi connectivity index (χ1v) is 14.2. The average Bonchev–Trinajstić information content (AvgIpc) is 2.83. The van der Waals surface area contributed by atoms with Gasteiger partial charge in [-0.15, -0.1) is 0 Å². The first kappa shape index (κ1) is 31.4. The molecule has 0 aliphatic rings. The lowest BCUT2D eigenvalue weighted by atomic mass is 9.99. The molecule has 38 heavy (non-hydrogen) atoms. The summed E-state index contributed by atoms with van der Waals surface area (Å²) in [5, 5.41) is 3.00. The molecule has 12 heteroatoms. The van der Waals surface area contributed by atoms with Crippen LogP contribution in [0.2, 0.25) is 5.02 Å². The number of hydrogen-bond acceptors (Lipinski definition) is 6. The van der Waals surface area contributed by atoms with Gasteiger partial charge in [-0.25, -0.2) is 4.39 Å². The summed E-state index contributed by atoms with van der Waals surface area (Å²) in [5.41, 5.74) is 1.59. The topological polar surface area (TPSA) is 139 Å². The monoisotopic (exact) mass is 571 g/mol. The Balaban J connectivity index is 2.17.